The molecule has 1 saturated heterocycles. The molecule has 1 aliphatic heterocycles. The fraction of sp³-hybridized carbons (Fsp3) is 0.944. The standard InChI is InChI=1S/C18H31NO2/c1-4-5-15-6-8-17(13-19,9-7-15)18(20)10-11-21-16(12-18)14(2)3/h14-16,20H,4-12H2,1-3H3. The predicted molar refractivity (Wildman–Crippen MR) is 83.7 cm³/mol. The first kappa shape index (κ1) is 16.8. The van der Waals surface area contributed by atoms with Gasteiger partial charge in [-0.1, -0.05) is 33.6 Å². The predicted octanol–water partition coefficient (Wildman–Crippen LogP) is 4.05. The maximum atomic E-state index is 11.3. The highest BCUT2D eigenvalue weighted by atomic mass is 16.5. The summed E-state index contributed by atoms with van der Waals surface area (Å²) in [6.45, 7) is 7.08. The van der Waals surface area contributed by atoms with Gasteiger partial charge in [-0.2, -0.15) is 5.26 Å². The molecule has 3 heteroatoms. The summed E-state index contributed by atoms with van der Waals surface area (Å²) >= 11 is 0. The van der Waals surface area contributed by atoms with Gasteiger partial charge in [0, 0.05) is 19.4 Å². The van der Waals surface area contributed by atoms with Crippen LogP contribution in [-0.2, 0) is 4.74 Å². The first-order valence-corrected chi connectivity index (χ1v) is 8.71. The van der Waals surface area contributed by atoms with Gasteiger partial charge in [-0.15, -0.1) is 0 Å². The highest BCUT2D eigenvalue weighted by Gasteiger charge is 2.54. The monoisotopic (exact) mass is 293 g/mol. The molecule has 0 aromatic rings. The summed E-state index contributed by atoms with van der Waals surface area (Å²) in [6, 6.07) is 2.54. The van der Waals surface area contributed by atoms with Crippen LogP contribution in [0.1, 0.15) is 72.1 Å². The summed E-state index contributed by atoms with van der Waals surface area (Å²) in [7, 11) is 0. The third kappa shape index (κ3) is 3.27. The summed E-state index contributed by atoms with van der Waals surface area (Å²) in [5.41, 5.74) is -1.40. The molecule has 2 fully saturated rings. The van der Waals surface area contributed by atoms with Gasteiger partial charge in [0.1, 0.15) is 0 Å². The molecular formula is C18H31NO2. The lowest BCUT2D eigenvalue weighted by Crippen LogP contribution is -2.55. The molecule has 0 spiro atoms. The minimum absolute atomic E-state index is 0.0855. The molecule has 0 amide bonds. The van der Waals surface area contributed by atoms with Crippen LogP contribution in [0.15, 0.2) is 0 Å². The molecule has 2 rings (SSSR count). The molecule has 2 atom stereocenters. The molecule has 2 aliphatic rings. The zero-order chi connectivity index (χ0) is 15.5. The van der Waals surface area contributed by atoms with Crippen LogP contribution in [0.25, 0.3) is 0 Å². The van der Waals surface area contributed by atoms with Gasteiger partial charge in [0.25, 0.3) is 0 Å². The molecule has 0 aromatic carbocycles. The molecule has 21 heavy (non-hydrogen) atoms. The number of hydrogen-bond donors (Lipinski definition) is 1. The summed E-state index contributed by atoms with van der Waals surface area (Å²) < 4.78 is 5.81. The van der Waals surface area contributed by atoms with Crippen molar-refractivity contribution in [1.82, 2.24) is 0 Å². The van der Waals surface area contributed by atoms with E-state index >= 15 is 0 Å². The molecule has 0 bridgehead atoms. The Morgan fingerprint density at radius 1 is 1.29 bits per heavy atom. The quantitative estimate of drug-likeness (QED) is 0.850. The Morgan fingerprint density at radius 2 is 1.95 bits per heavy atom. The second kappa shape index (κ2) is 6.67. The third-order valence-electron chi connectivity index (χ3n) is 5.89. The Bertz CT molecular complexity index is 379. The topological polar surface area (TPSA) is 53.2 Å². The Labute approximate surface area is 129 Å². The van der Waals surface area contributed by atoms with Crippen molar-refractivity contribution in [3.8, 4) is 6.07 Å². The number of hydrogen-bond acceptors (Lipinski definition) is 3. The van der Waals surface area contributed by atoms with E-state index in [4.69, 9.17) is 4.74 Å². The highest BCUT2D eigenvalue weighted by Crippen LogP contribution is 2.51. The van der Waals surface area contributed by atoms with Crippen LogP contribution in [0.3, 0.4) is 0 Å². The van der Waals surface area contributed by atoms with Crippen LogP contribution < -0.4 is 0 Å². The number of ether oxygens (including phenoxy) is 1. The summed E-state index contributed by atoms with van der Waals surface area (Å²) in [5.74, 6) is 1.14. The normalized spacial score (nSPS) is 41.0. The van der Waals surface area contributed by atoms with Gasteiger partial charge in [0.05, 0.1) is 23.2 Å². The molecule has 3 nitrogen and oxygen atoms in total. The lowest BCUT2D eigenvalue weighted by Gasteiger charge is -2.50. The molecule has 1 saturated carbocycles. The Hall–Kier alpha value is -0.590. The lowest BCUT2D eigenvalue weighted by molar-refractivity contribution is -0.170. The van der Waals surface area contributed by atoms with Crippen molar-refractivity contribution < 1.29 is 9.84 Å². The van der Waals surface area contributed by atoms with Crippen LogP contribution in [0.2, 0.25) is 0 Å². The van der Waals surface area contributed by atoms with E-state index in [1.165, 1.54) is 12.8 Å². The van der Waals surface area contributed by atoms with E-state index in [0.29, 0.717) is 25.4 Å². The lowest BCUT2D eigenvalue weighted by atomic mass is 9.58. The average molecular weight is 293 g/mol. The first-order chi connectivity index (χ1) is 9.96. The average Bonchev–Trinajstić information content (AvgIpc) is 2.48. The smallest absolute Gasteiger partial charge is 0.0879 e. The van der Waals surface area contributed by atoms with Gasteiger partial charge in [-0.05, 0) is 37.5 Å². The van der Waals surface area contributed by atoms with E-state index in [1.807, 2.05) is 0 Å². The molecule has 0 radical (unpaired) electrons. The van der Waals surface area contributed by atoms with Crippen LogP contribution in [-0.4, -0.2) is 23.4 Å². The van der Waals surface area contributed by atoms with Crippen LogP contribution in [0, 0.1) is 28.6 Å². The van der Waals surface area contributed by atoms with Crippen molar-refractivity contribution >= 4 is 0 Å². The number of nitrogens with zero attached hydrogens (tertiary/aromatic N) is 1. The van der Waals surface area contributed by atoms with Crippen LogP contribution >= 0.6 is 0 Å². The van der Waals surface area contributed by atoms with Gasteiger partial charge in [-0.25, -0.2) is 0 Å². The highest BCUT2D eigenvalue weighted by molar-refractivity contribution is 5.14. The van der Waals surface area contributed by atoms with E-state index in [9.17, 15) is 10.4 Å². The number of aliphatic hydroxyl groups is 1. The van der Waals surface area contributed by atoms with E-state index in [2.05, 4.69) is 26.8 Å². The van der Waals surface area contributed by atoms with E-state index in [-0.39, 0.29) is 6.10 Å². The molecule has 1 aliphatic carbocycles. The largest absolute Gasteiger partial charge is 0.388 e. The van der Waals surface area contributed by atoms with Gasteiger partial charge in [-0.3, -0.25) is 0 Å². The number of nitriles is 1. The van der Waals surface area contributed by atoms with E-state index in [1.54, 1.807) is 0 Å². The maximum absolute atomic E-state index is 11.3. The summed E-state index contributed by atoms with van der Waals surface area (Å²) in [4.78, 5) is 0. The van der Waals surface area contributed by atoms with Crippen molar-refractivity contribution in [3.63, 3.8) is 0 Å². The minimum Gasteiger partial charge on any atom is -0.388 e. The molecule has 120 valence electrons. The maximum Gasteiger partial charge on any atom is 0.0879 e. The fourth-order valence-electron chi connectivity index (χ4n) is 4.28. The Morgan fingerprint density at radius 3 is 2.48 bits per heavy atom. The summed E-state index contributed by atoms with van der Waals surface area (Å²) in [6.07, 6.45) is 7.70. The van der Waals surface area contributed by atoms with E-state index in [0.717, 1.165) is 31.6 Å². The minimum atomic E-state index is -0.855. The molecule has 2 unspecified atom stereocenters. The molecule has 1 N–H and O–H groups in total. The summed E-state index contributed by atoms with van der Waals surface area (Å²) in [5, 5.41) is 21.1. The van der Waals surface area contributed by atoms with Crippen molar-refractivity contribution in [2.45, 2.75) is 83.8 Å². The molecule has 1 heterocycles. The molecular weight excluding hydrogens is 262 g/mol. The van der Waals surface area contributed by atoms with Gasteiger partial charge in [0.15, 0.2) is 0 Å². The number of rotatable bonds is 4. The van der Waals surface area contributed by atoms with Crippen LogP contribution in [0.5, 0.6) is 0 Å². The van der Waals surface area contributed by atoms with E-state index < -0.39 is 11.0 Å². The fourth-order valence-corrected chi connectivity index (χ4v) is 4.28. The Balaban J connectivity index is 2.11. The van der Waals surface area contributed by atoms with Gasteiger partial charge in [0.2, 0.25) is 0 Å². The van der Waals surface area contributed by atoms with Gasteiger partial charge >= 0.3 is 0 Å². The SMILES string of the molecule is CCCC1CCC(C#N)(C2(O)CCOC(C(C)C)C2)CC1. The Kier molecular flexibility index (Phi) is 5.33. The first-order valence-electron chi connectivity index (χ1n) is 8.71. The molecule has 0 aromatic heterocycles. The van der Waals surface area contributed by atoms with Gasteiger partial charge < -0.3 is 9.84 Å². The third-order valence-corrected chi connectivity index (χ3v) is 5.89. The second-order valence-electron chi connectivity index (χ2n) is 7.56. The zero-order valence-corrected chi connectivity index (χ0v) is 13.9. The van der Waals surface area contributed by atoms with Crippen molar-refractivity contribution in [2.24, 2.45) is 17.3 Å². The van der Waals surface area contributed by atoms with Crippen molar-refractivity contribution in [1.29, 1.82) is 5.26 Å². The van der Waals surface area contributed by atoms with Crippen molar-refractivity contribution in [3.05, 3.63) is 0 Å². The van der Waals surface area contributed by atoms with Crippen LogP contribution in [0.4, 0.5) is 0 Å². The zero-order valence-electron chi connectivity index (χ0n) is 13.9. The second-order valence-corrected chi connectivity index (χ2v) is 7.56. The van der Waals surface area contributed by atoms with Crippen molar-refractivity contribution in [2.75, 3.05) is 6.61 Å².